The Morgan fingerprint density at radius 3 is 2.66 bits per heavy atom. The number of rotatable bonds is 5. The van der Waals surface area contributed by atoms with Gasteiger partial charge < -0.3 is 14.4 Å². The number of carbonyl (C=O) groups excluding carboxylic acids is 2. The van der Waals surface area contributed by atoms with E-state index in [4.69, 9.17) is 9.47 Å². The van der Waals surface area contributed by atoms with Gasteiger partial charge in [0.25, 0.3) is 5.92 Å². The fourth-order valence-electron chi connectivity index (χ4n) is 4.68. The largest absolute Gasteiger partial charge is 0.496 e. The van der Waals surface area contributed by atoms with E-state index in [1.165, 1.54) is 14.2 Å². The fourth-order valence-corrected chi connectivity index (χ4v) is 4.68. The van der Waals surface area contributed by atoms with Gasteiger partial charge in [-0.25, -0.2) is 13.6 Å². The summed E-state index contributed by atoms with van der Waals surface area (Å²) in [6.07, 6.45) is 0.781. The number of hydrogen-bond acceptors (Lipinski definition) is 5. The summed E-state index contributed by atoms with van der Waals surface area (Å²) in [6, 6.07) is 4.80. The molecule has 8 heteroatoms. The lowest BCUT2D eigenvalue weighted by molar-refractivity contribution is -0.170. The molecular formula is C21H28F2N2O4. The summed E-state index contributed by atoms with van der Waals surface area (Å²) in [5.41, 5.74) is -0.130. The van der Waals surface area contributed by atoms with Gasteiger partial charge in [-0.15, -0.1) is 0 Å². The predicted octanol–water partition coefficient (Wildman–Crippen LogP) is 2.95. The third-order valence-electron chi connectivity index (χ3n) is 5.88. The topological polar surface area (TPSA) is 59.1 Å². The number of esters is 1. The maximum atomic E-state index is 14.7. The standard InChI is InChI=1S/C21H28F2N2O4/c1-4-25-9-5-8-20(19(25)27)12-21(22,23)14-24(13-20)11-16-10-15(18(26)29-3)6-7-17(16)28-2/h6-7,10H,4-5,8-9,11-14H2,1-3H3/t20-/m1/s1. The van der Waals surface area contributed by atoms with E-state index in [2.05, 4.69) is 0 Å². The Hall–Kier alpha value is -2.22. The normalized spacial score (nSPS) is 24.6. The molecule has 0 bridgehead atoms. The summed E-state index contributed by atoms with van der Waals surface area (Å²) in [6.45, 7) is 3.02. The minimum atomic E-state index is -2.96. The highest BCUT2D eigenvalue weighted by Crippen LogP contribution is 2.45. The van der Waals surface area contributed by atoms with Gasteiger partial charge in [-0.2, -0.15) is 0 Å². The molecule has 1 spiro atoms. The van der Waals surface area contributed by atoms with Crippen LogP contribution in [-0.4, -0.2) is 68.0 Å². The number of alkyl halides is 2. The number of benzene rings is 1. The predicted molar refractivity (Wildman–Crippen MR) is 103 cm³/mol. The number of nitrogens with zero attached hydrogens (tertiary/aromatic N) is 2. The maximum Gasteiger partial charge on any atom is 0.337 e. The number of ether oxygens (including phenoxy) is 2. The van der Waals surface area contributed by atoms with Crippen LogP contribution in [0.15, 0.2) is 18.2 Å². The molecule has 1 aromatic rings. The van der Waals surface area contributed by atoms with Gasteiger partial charge in [0.1, 0.15) is 5.75 Å². The van der Waals surface area contributed by atoms with Gasteiger partial charge >= 0.3 is 5.97 Å². The Balaban J connectivity index is 1.89. The zero-order chi connectivity index (χ0) is 21.2. The Kier molecular flexibility index (Phi) is 6.12. The minimum Gasteiger partial charge on any atom is -0.496 e. The molecule has 2 saturated heterocycles. The molecule has 2 fully saturated rings. The highest BCUT2D eigenvalue weighted by molar-refractivity contribution is 5.89. The number of hydrogen-bond donors (Lipinski definition) is 0. The van der Waals surface area contributed by atoms with Crippen molar-refractivity contribution in [3.63, 3.8) is 0 Å². The van der Waals surface area contributed by atoms with Crippen molar-refractivity contribution in [2.45, 2.75) is 38.7 Å². The van der Waals surface area contributed by atoms with Crippen LogP contribution in [0.5, 0.6) is 5.75 Å². The molecule has 1 atom stereocenters. The first-order chi connectivity index (χ1) is 13.7. The van der Waals surface area contributed by atoms with Gasteiger partial charge in [-0.05, 0) is 38.0 Å². The molecular weight excluding hydrogens is 382 g/mol. The third-order valence-corrected chi connectivity index (χ3v) is 5.88. The molecule has 3 rings (SSSR count). The highest BCUT2D eigenvalue weighted by Gasteiger charge is 2.54. The van der Waals surface area contributed by atoms with Crippen molar-refractivity contribution in [3.8, 4) is 5.75 Å². The molecule has 2 aliphatic rings. The van der Waals surface area contributed by atoms with Crippen LogP contribution in [0.1, 0.15) is 42.1 Å². The van der Waals surface area contributed by atoms with Gasteiger partial charge in [0, 0.05) is 38.2 Å². The molecule has 0 N–H and O–H groups in total. The Bertz CT molecular complexity index is 786. The molecule has 0 radical (unpaired) electrons. The average molecular weight is 410 g/mol. The van der Waals surface area contributed by atoms with Crippen molar-refractivity contribution in [1.82, 2.24) is 9.80 Å². The monoisotopic (exact) mass is 410 g/mol. The van der Waals surface area contributed by atoms with Crippen molar-refractivity contribution in [2.24, 2.45) is 5.41 Å². The lowest BCUT2D eigenvalue weighted by Gasteiger charge is -2.49. The van der Waals surface area contributed by atoms with Gasteiger partial charge in [0.15, 0.2) is 0 Å². The molecule has 160 valence electrons. The quantitative estimate of drug-likeness (QED) is 0.699. The second-order valence-corrected chi connectivity index (χ2v) is 7.96. The summed E-state index contributed by atoms with van der Waals surface area (Å²) >= 11 is 0. The lowest BCUT2D eigenvalue weighted by Crippen LogP contribution is -2.60. The van der Waals surface area contributed by atoms with E-state index in [0.29, 0.717) is 36.4 Å². The number of amides is 1. The second kappa shape index (κ2) is 8.26. The molecule has 0 aromatic heterocycles. The Labute approximate surface area is 169 Å². The van der Waals surface area contributed by atoms with Crippen LogP contribution in [-0.2, 0) is 16.1 Å². The van der Waals surface area contributed by atoms with E-state index < -0.39 is 30.3 Å². The molecule has 0 saturated carbocycles. The third kappa shape index (κ3) is 4.37. The van der Waals surface area contributed by atoms with Crippen LogP contribution in [0.4, 0.5) is 8.78 Å². The highest BCUT2D eigenvalue weighted by atomic mass is 19.3. The number of methoxy groups -OCH3 is 2. The first-order valence-electron chi connectivity index (χ1n) is 9.88. The number of halogens is 2. The van der Waals surface area contributed by atoms with Crippen molar-refractivity contribution < 1.29 is 27.8 Å². The number of likely N-dealkylation sites (tertiary alicyclic amines) is 2. The second-order valence-electron chi connectivity index (χ2n) is 7.96. The number of carbonyl (C=O) groups is 2. The molecule has 29 heavy (non-hydrogen) atoms. The van der Waals surface area contributed by atoms with E-state index in [1.807, 2.05) is 6.92 Å². The van der Waals surface area contributed by atoms with E-state index in [1.54, 1.807) is 28.0 Å². The SMILES string of the molecule is CCN1CCC[C@@]2(CN(Cc3cc(C(=O)OC)ccc3OC)CC(F)(F)C2)C1=O. The summed E-state index contributed by atoms with van der Waals surface area (Å²) in [5, 5.41) is 0. The van der Waals surface area contributed by atoms with Crippen LogP contribution >= 0.6 is 0 Å². The average Bonchev–Trinajstić information content (AvgIpc) is 2.68. The Morgan fingerprint density at radius 2 is 2.00 bits per heavy atom. The smallest absolute Gasteiger partial charge is 0.337 e. The first kappa shape index (κ1) is 21.5. The van der Waals surface area contributed by atoms with E-state index in [0.717, 1.165) is 6.42 Å². The summed E-state index contributed by atoms with van der Waals surface area (Å²) in [5.74, 6) is -3.13. The van der Waals surface area contributed by atoms with Crippen molar-refractivity contribution in [2.75, 3.05) is 40.4 Å². The van der Waals surface area contributed by atoms with Crippen LogP contribution in [0.3, 0.4) is 0 Å². The lowest BCUT2D eigenvalue weighted by atomic mass is 9.71. The van der Waals surface area contributed by atoms with Crippen LogP contribution in [0, 0.1) is 5.41 Å². The minimum absolute atomic E-state index is 0.157. The summed E-state index contributed by atoms with van der Waals surface area (Å²) in [7, 11) is 2.78. The zero-order valence-corrected chi connectivity index (χ0v) is 17.2. The summed E-state index contributed by atoms with van der Waals surface area (Å²) < 4.78 is 39.5. The molecule has 6 nitrogen and oxygen atoms in total. The molecule has 0 unspecified atom stereocenters. The van der Waals surface area contributed by atoms with E-state index in [9.17, 15) is 18.4 Å². The van der Waals surface area contributed by atoms with Crippen molar-refractivity contribution in [3.05, 3.63) is 29.3 Å². The molecule has 2 aliphatic heterocycles. The van der Waals surface area contributed by atoms with Crippen LogP contribution < -0.4 is 4.74 Å². The van der Waals surface area contributed by atoms with Gasteiger partial charge in [0.2, 0.25) is 5.91 Å². The Morgan fingerprint density at radius 1 is 1.24 bits per heavy atom. The van der Waals surface area contributed by atoms with E-state index >= 15 is 0 Å². The van der Waals surface area contributed by atoms with E-state index in [-0.39, 0.29) is 19.0 Å². The molecule has 1 amide bonds. The van der Waals surface area contributed by atoms with Crippen LogP contribution in [0.25, 0.3) is 0 Å². The number of piperidine rings is 2. The van der Waals surface area contributed by atoms with Gasteiger partial charge in [-0.1, -0.05) is 0 Å². The van der Waals surface area contributed by atoms with Crippen molar-refractivity contribution >= 4 is 11.9 Å². The fraction of sp³-hybridized carbons (Fsp3) is 0.619. The summed E-state index contributed by atoms with van der Waals surface area (Å²) in [4.78, 5) is 28.2. The van der Waals surface area contributed by atoms with Gasteiger partial charge in [0.05, 0.1) is 31.7 Å². The zero-order valence-electron chi connectivity index (χ0n) is 17.2. The van der Waals surface area contributed by atoms with Crippen molar-refractivity contribution in [1.29, 1.82) is 0 Å². The molecule has 0 aliphatic carbocycles. The molecule has 2 heterocycles. The maximum absolute atomic E-state index is 14.7. The molecule has 1 aromatic carbocycles. The first-order valence-corrected chi connectivity index (χ1v) is 9.88. The van der Waals surface area contributed by atoms with Crippen LogP contribution in [0.2, 0.25) is 0 Å². The van der Waals surface area contributed by atoms with Gasteiger partial charge in [-0.3, -0.25) is 9.69 Å².